The minimum atomic E-state index is -1.31. The predicted molar refractivity (Wildman–Crippen MR) is 74.4 cm³/mol. The Morgan fingerprint density at radius 1 is 1.38 bits per heavy atom. The zero-order valence-electron chi connectivity index (χ0n) is 11.9. The zero-order valence-corrected chi connectivity index (χ0v) is 11.9. The van der Waals surface area contributed by atoms with Crippen molar-refractivity contribution in [2.45, 2.75) is 32.6 Å². The number of halogens is 3. The van der Waals surface area contributed by atoms with Gasteiger partial charge < -0.3 is 10.6 Å². The van der Waals surface area contributed by atoms with E-state index in [1.54, 1.807) is 0 Å². The lowest BCUT2D eigenvalue weighted by Crippen LogP contribution is -2.48. The van der Waals surface area contributed by atoms with Crippen molar-refractivity contribution in [2.24, 2.45) is 5.41 Å². The third-order valence-electron chi connectivity index (χ3n) is 3.92. The topological polar surface area (TPSA) is 41.1 Å². The van der Waals surface area contributed by atoms with Crippen molar-refractivity contribution in [3.63, 3.8) is 0 Å². The maximum atomic E-state index is 13.6. The number of hydrogen-bond acceptors (Lipinski definition) is 2. The Morgan fingerprint density at radius 2 is 2.14 bits per heavy atom. The maximum absolute atomic E-state index is 13.6. The van der Waals surface area contributed by atoms with Crippen molar-refractivity contribution >= 4 is 11.6 Å². The molecule has 0 saturated carbocycles. The highest BCUT2D eigenvalue weighted by Gasteiger charge is 2.39. The van der Waals surface area contributed by atoms with Crippen LogP contribution < -0.4 is 10.6 Å². The summed E-state index contributed by atoms with van der Waals surface area (Å²) in [6.45, 7) is 3.29. The van der Waals surface area contributed by atoms with Crippen LogP contribution in [0.3, 0.4) is 0 Å². The molecule has 0 radical (unpaired) electrons. The number of carbonyl (C=O) groups excluding carboxylic acids is 1. The van der Waals surface area contributed by atoms with Crippen LogP contribution in [0.5, 0.6) is 0 Å². The van der Waals surface area contributed by atoms with Crippen LogP contribution in [0, 0.1) is 22.9 Å². The summed E-state index contributed by atoms with van der Waals surface area (Å²) in [5, 5.41) is 5.52. The van der Waals surface area contributed by atoms with Gasteiger partial charge in [-0.2, -0.15) is 0 Å². The van der Waals surface area contributed by atoms with E-state index in [9.17, 15) is 18.0 Å². The van der Waals surface area contributed by atoms with Crippen LogP contribution >= 0.6 is 0 Å². The molecular weight excluding hydrogens is 281 g/mol. The van der Waals surface area contributed by atoms with Gasteiger partial charge in [0.2, 0.25) is 5.91 Å². The summed E-state index contributed by atoms with van der Waals surface area (Å²) < 4.78 is 40.0. The maximum Gasteiger partial charge on any atom is 0.231 e. The van der Waals surface area contributed by atoms with Crippen molar-refractivity contribution in [1.82, 2.24) is 5.32 Å². The van der Waals surface area contributed by atoms with Crippen LogP contribution in [0.2, 0.25) is 0 Å². The van der Waals surface area contributed by atoms with Crippen LogP contribution in [0.1, 0.15) is 32.6 Å². The fraction of sp³-hybridized carbons (Fsp3) is 0.533. The van der Waals surface area contributed by atoms with E-state index in [1.807, 2.05) is 6.92 Å². The lowest BCUT2D eigenvalue weighted by atomic mass is 9.76. The summed E-state index contributed by atoms with van der Waals surface area (Å²) in [5.41, 5.74) is -1.10. The molecule has 2 rings (SSSR count). The van der Waals surface area contributed by atoms with E-state index in [-0.39, 0.29) is 5.91 Å². The second-order valence-electron chi connectivity index (χ2n) is 5.51. The second-order valence-corrected chi connectivity index (χ2v) is 5.51. The first kappa shape index (κ1) is 15.8. The molecule has 1 aromatic carbocycles. The molecule has 2 N–H and O–H groups in total. The Labute approximate surface area is 121 Å². The summed E-state index contributed by atoms with van der Waals surface area (Å²) >= 11 is 0. The Balaban J connectivity index is 2.23. The van der Waals surface area contributed by atoms with Gasteiger partial charge in [0.05, 0.1) is 11.1 Å². The molecule has 1 aliphatic rings. The van der Waals surface area contributed by atoms with E-state index in [0.29, 0.717) is 25.5 Å². The molecule has 21 heavy (non-hydrogen) atoms. The van der Waals surface area contributed by atoms with Crippen LogP contribution in [-0.4, -0.2) is 19.0 Å². The summed E-state index contributed by atoms with van der Waals surface area (Å²) in [4.78, 5) is 12.5. The Kier molecular flexibility index (Phi) is 4.88. The van der Waals surface area contributed by atoms with Gasteiger partial charge in [0.15, 0.2) is 11.6 Å². The van der Waals surface area contributed by atoms with E-state index in [0.717, 1.165) is 25.5 Å². The Morgan fingerprint density at radius 3 is 2.76 bits per heavy atom. The zero-order chi connectivity index (χ0) is 15.5. The predicted octanol–water partition coefficient (Wildman–Crippen LogP) is 3.21. The standard InChI is InChI=1S/C15H19F3N2O/c1-2-4-15(5-3-6-19-9-15)14(21)20-12-8-10(16)7-11(17)13(12)18/h7-8,19H,2-6,9H2,1H3,(H,20,21). The van der Waals surface area contributed by atoms with Crippen LogP contribution in [0.15, 0.2) is 12.1 Å². The number of benzene rings is 1. The first-order valence-corrected chi connectivity index (χ1v) is 7.15. The van der Waals surface area contributed by atoms with Crippen molar-refractivity contribution in [3.8, 4) is 0 Å². The molecule has 1 atom stereocenters. The van der Waals surface area contributed by atoms with Gasteiger partial charge in [0, 0.05) is 18.7 Å². The average molecular weight is 300 g/mol. The third-order valence-corrected chi connectivity index (χ3v) is 3.92. The van der Waals surface area contributed by atoms with Gasteiger partial charge in [0.25, 0.3) is 0 Å². The first-order chi connectivity index (χ1) is 9.98. The van der Waals surface area contributed by atoms with E-state index in [2.05, 4.69) is 10.6 Å². The molecule has 3 nitrogen and oxygen atoms in total. The average Bonchev–Trinajstić information content (AvgIpc) is 2.45. The summed E-state index contributed by atoms with van der Waals surface area (Å²) in [6, 6.07) is 1.25. The monoisotopic (exact) mass is 300 g/mol. The summed E-state index contributed by atoms with van der Waals surface area (Å²) in [7, 11) is 0. The quantitative estimate of drug-likeness (QED) is 0.838. The Hall–Kier alpha value is -1.56. The number of piperidine rings is 1. The molecule has 0 spiro atoms. The molecular formula is C15H19F3N2O. The van der Waals surface area contributed by atoms with E-state index < -0.39 is 28.6 Å². The van der Waals surface area contributed by atoms with E-state index in [4.69, 9.17) is 0 Å². The minimum Gasteiger partial charge on any atom is -0.323 e. The number of rotatable bonds is 4. The molecule has 1 amide bonds. The molecule has 1 unspecified atom stereocenters. The van der Waals surface area contributed by atoms with Gasteiger partial charge in [-0.3, -0.25) is 4.79 Å². The van der Waals surface area contributed by atoms with Crippen LogP contribution in [0.4, 0.5) is 18.9 Å². The van der Waals surface area contributed by atoms with Crippen molar-refractivity contribution in [3.05, 3.63) is 29.6 Å². The lowest BCUT2D eigenvalue weighted by molar-refractivity contribution is -0.127. The van der Waals surface area contributed by atoms with E-state index in [1.165, 1.54) is 0 Å². The molecule has 1 heterocycles. The van der Waals surface area contributed by atoms with Crippen molar-refractivity contribution in [2.75, 3.05) is 18.4 Å². The fourth-order valence-electron chi connectivity index (χ4n) is 2.87. The first-order valence-electron chi connectivity index (χ1n) is 7.15. The molecule has 1 saturated heterocycles. The van der Waals surface area contributed by atoms with Gasteiger partial charge in [-0.05, 0) is 25.8 Å². The molecule has 116 valence electrons. The molecule has 0 aliphatic carbocycles. The molecule has 0 aromatic heterocycles. The summed E-state index contributed by atoms with van der Waals surface area (Å²) in [6.07, 6.45) is 2.97. The Bertz CT molecular complexity index is 522. The van der Waals surface area contributed by atoms with Gasteiger partial charge >= 0.3 is 0 Å². The fourth-order valence-corrected chi connectivity index (χ4v) is 2.87. The van der Waals surface area contributed by atoms with Crippen molar-refractivity contribution in [1.29, 1.82) is 0 Å². The highest BCUT2D eigenvalue weighted by molar-refractivity contribution is 5.95. The van der Waals surface area contributed by atoms with Gasteiger partial charge in [-0.1, -0.05) is 13.3 Å². The van der Waals surface area contributed by atoms with Crippen molar-refractivity contribution < 1.29 is 18.0 Å². The molecule has 6 heteroatoms. The number of amides is 1. The largest absolute Gasteiger partial charge is 0.323 e. The lowest BCUT2D eigenvalue weighted by Gasteiger charge is -2.36. The van der Waals surface area contributed by atoms with E-state index >= 15 is 0 Å². The molecule has 0 bridgehead atoms. The number of hydrogen-bond donors (Lipinski definition) is 2. The highest BCUT2D eigenvalue weighted by Crippen LogP contribution is 2.33. The molecule has 1 fully saturated rings. The number of nitrogens with one attached hydrogen (secondary N) is 2. The van der Waals surface area contributed by atoms with Gasteiger partial charge in [0.1, 0.15) is 5.82 Å². The third kappa shape index (κ3) is 3.37. The van der Waals surface area contributed by atoms with Crippen LogP contribution in [-0.2, 0) is 4.79 Å². The van der Waals surface area contributed by atoms with Gasteiger partial charge in [-0.25, -0.2) is 13.2 Å². The summed E-state index contributed by atoms with van der Waals surface area (Å²) in [5.74, 6) is -3.85. The molecule has 1 aromatic rings. The second kappa shape index (κ2) is 6.47. The number of anilines is 1. The highest BCUT2D eigenvalue weighted by atomic mass is 19.2. The SMILES string of the molecule is CCCC1(C(=O)Nc2cc(F)cc(F)c2F)CCCNC1. The minimum absolute atomic E-state index is 0.388. The number of carbonyl (C=O) groups is 1. The van der Waals surface area contributed by atoms with Crippen LogP contribution in [0.25, 0.3) is 0 Å². The smallest absolute Gasteiger partial charge is 0.231 e. The van der Waals surface area contributed by atoms with Gasteiger partial charge in [-0.15, -0.1) is 0 Å². The normalized spacial score (nSPS) is 22.1. The molecule has 1 aliphatic heterocycles.